The summed E-state index contributed by atoms with van der Waals surface area (Å²) in [7, 11) is 0. The Morgan fingerprint density at radius 1 is 0.771 bits per heavy atom. The van der Waals surface area contributed by atoms with Crippen LogP contribution in [0.3, 0.4) is 0 Å². The van der Waals surface area contributed by atoms with Crippen molar-refractivity contribution in [2.75, 3.05) is 10.6 Å². The fraction of sp³-hybridized carbons (Fsp3) is 0.0714. The largest absolute Gasteiger partial charge is 0.455 e. The first-order valence-corrected chi connectivity index (χ1v) is 11.1. The van der Waals surface area contributed by atoms with Gasteiger partial charge in [-0.25, -0.2) is 9.18 Å². The number of ether oxygens (including phenoxy) is 1. The Morgan fingerprint density at radius 3 is 2.20 bits per heavy atom. The van der Waals surface area contributed by atoms with E-state index in [9.17, 15) is 14.0 Å². The van der Waals surface area contributed by atoms with Gasteiger partial charge < -0.3 is 20.7 Å². The van der Waals surface area contributed by atoms with Gasteiger partial charge in [0.05, 0.1) is 5.69 Å². The Balaban J connectivity index is 1.51. The summed E-state index contributed by atoms with van der Waals surface area (Å²) >= 11 is 0. The molecular weight excluding hydrogens is 445 g/mol. The van der Waals surface area contributed by atoms with E-state index in [0.717, 1.165) is 5.56 Å². The van der Waals surface area contributed by atoms with Gasteiger partial charge in [0.15, 0.2) is 5.75 Å². The fourth-order valence-electron chi connectivity index (χ4n) is 3.44. The van der Waals surface area contributed by atoms with Gasteiger partial charge in [0.1, 0.15) is 17.6 Å². The lowest BCUT2D eigenvalue weighted by Gasteiger charge is -2.20. The van der Waals surface area contributed by atoms with E-state index in [0.29, 0.717) is 17.2 Å². The van der Waals surface area contributed by atoms with Gasteiger partial charge in [0, 0.05) is 12.1 Å². The van der Waals surface area contributed by atoms with Crippen molar-refractivity contribution in [3.63, 3.8) is 0 Å². The minimum Gasteiger partial charge on any atom is -0.455 e. The number of hydrogen-bond donors (Lipinski definition) is 3. The molecule has 3 N–H and O–H groups in total. The monoisotopic (exact) mass is 469 g/mol. The van der Waals surface area contributed by atoms with Crippen molar-refractivity contribution in [2.45, 2.75) is 12.5 Å². The molecule has 6 nitrogen and oxygen atoms in total. The first-order valence-electron chi connectivity index (χ1n) is 11.1. The first kappa shape index (κ1) is 23.5. The van der Waals surface area contributed by atoms with Crippen LogP contribution in [-0.2, 0) is 11.2 Å². The number of rotatable bonds is 8. The van der Waals surface area contributed by atoms with Crippen molar-refractivity contribution in [3.05, 3.63) is 121 Å². The van der Waals surface area contributed by atoms with Crippen LogP contribution in [0.5, 0.6) is 11.5 Å². The summed E-state index contributed by atoms with van der Waals surface area (Å²) in [5.41, 5.74) is 1.61. The van der Waals surface area contributed by atoms with E-state index in [1.54, 1.807) is 30.3 Å². The molecule has 7 heteroatoms. The molecule has 0 saturated carbocycles. The third kappa shape index (κ3) is 6.91. The predicted octanol–water partition coefficient (Wildman–Crippen LogP) is 5.99. The molecule has 0 spiro atoms. The summed E-state index contributed by atoms with van der Waals surface area (Å²) in [6.45, 7) is 0. The van der Waals surface area contributed by atoms with Gasteiger partial charge in [-0.3, -0.25) is 4.79 Å². The summed E-state index contributed by atoms with van der Waals surface area (Å²) in [4.78, 5) is 25.9. The highest BCUT2D eigenvalue weighted by atomic mass is 19.1. The fourth-order valence-corrected chi connectivity index (χ4v) is 3.44. The number of halogens is 1. The number of hydrogen-bond acceptors (Lipinski definition) is 3. The van der Waals surface area contributed by atoms with Crippen LogP contribution >= 0.6 is 0 Å². The number of amides is 3. The predicted molar refractivity (Wildman–Crippen MR) is 134 cm³/mol. The van der Waals surface area contributed by atoms with Crippen LogP contribution in [0.15, 0.2) is 109 Å². The number of anilines is 2. The first-order chi connectivity index (χ1) is 17.1. The average Bonchev–Trinajstić information content (AvgIpc) is 2.86. The van der Waals surface area contributed by atoms with Crippen LogP contribution in [-0.4, -0.2) is 18.0 Å². The minimum absolute atomic E-state index is 0.255. The molecule has 0 heterocycles. The van der Waals surface area contributed by atoms with Crippen LogP contribution < -0.4 is 20.7 Å². The summed E-state index contributed by atoms with van der Waals surface area (Å²) in [5, 5.41) is 8.13. The molecule has 4 aromatic rings. The summed E-state index contributed by atoms with van der Waals surface area (Å²) in [5.74, 6) is 0.195. The number of carbonyl (C=O) groups is 2. The Morgan fingerprint density at radius 2 is 1.46 bits per heavy atom. The van der Waals surface area contributed by atoms with Gasteiger partial charge in [-0.15, -0.1) is 0 Å². The molecule has 0 fully saturated rings. The van der Waals surface area contributed by atoms with Crippen LogP contribution in [0.4, 0.5) is 20.6 Å². The molecule has 0 aliphatic heterocycles. The second-order valence-electron chi connectivity index (χ2n) is 7.75. The number of benzene rings is 4. The highest BCUT2D eigenvalue weighted by Gasteiger charge is 2.23. The second kappa shape index (κ2) is 11.5. The van der Waals surface area contributed by atoms with Gasteiger partial charge >= 0.3 is 6.03 Å². The van der Waals surface area contributed by atoms with Gasteiger partial charge in [-0.1, -0.05) is 66.7 Å². The maximum absolute atomic E-state index is 13.5. The molecule has 0 bridgehead atoms. The van der Waals surface area contributed by atoms with Gasteiger partial charge in [0.25, 0.3) is 0 Å². The van der Waals surface area contributed by atoms with Crippen molar-refractivity contribution in [1.82, 2.24) is 5.32 Å². The molecule has 0 saturated heterocycles. The lowest BCUT2D eigenvalue weighted by Crippen LogP contribution is -2.47. The molecule has 1 unspecified atom stereocenters. The standard InChI is InChI=1S/C28H24FN3O3/c29-21-12-9-13-22(19-21)30-28(34)32-25(18-20-10-3-1-4-11-20)27(33)31-24-16-7-8-17-26(24)35-23-14-5-2-6-15-23/h1-17,19,25H,18H2,(H,31,33)(H2,30,32,34). The molecule has 3 amide bonds. The molecule has 0 aliphatic rings. The third-order valence-corrected chi connectivity index (χ3v) is 5.10. The number of nitrogens with one attached hydrogen (secondary N) is 3. The van der Waals surface area contributed by atoms with Crippen molar-refractivity contribution in [1.29, 1.82) is 0 Å². The lowest BCUT2D eigenvalue weighted by molar-refractivity contribution is -0.117. The van der Waals surface area contributed by atoms with Crippen LogP contribution in [0.1, 0.15) is 5.56 Å². The summed E-state index contributed by atoms with van der Waals surface area (Å²) in [6.07, 6.45) is 0.255. The Kier molecular flexibility index (Phi) is 7.70. The third-order valence-electron chi connectivity index (χ3n) is 5.10. The van der Waals surface area contributed by atoms with Crippen molar-refractivity contribution >= 4 is 23.3 Å². The number of para-hydroxylation sites is 3. The highest BCUT2D eigenvalue weighted by molar-refractivity contribution is 6.00. The Labute approximate surface area is 202 Å². The van der Waals surface area contributed by atoms with E-state index in [2.05, 4.69) is 16.0 Å². The maximum Gasteiger partial charge on any atom is 0.319 e. The van der Waals surface area contributed by atoms with Crippen LogP contribution in [0.25, 0.3) is 0 Å². The van der Waals surface area contributed by atoms with E-state index < -0.39 is 23.8 Å². The highest BCUT2D eigenvalue weighted by Crippen LogP contribution is 2.29. The van der Waals surface area contributed by atoms with Crippen molar-refractivity contribution < 1.29 is 18.7 Å². The van der Waals surface area contributed by atoms with Gasteiger partial charge in [-0.2, -0.15) is 0 Å². The topological polar surface area (TPSA) is 79.5 Å². The van der Waals surface area contributed by atoms with E-state index in [1.165, 1.54) is 18.2 Å². The quantitative estimate of drug-likeness (QED) is 0.297. The van der Waals surface area contributed by atoms with Gasteiger partial charge in [0.2, 0.25) is 5.91 Å². The molecule has 4 rings (SSSR count). The van der Waals surface area contributed by atoms with Crippen molar-refractivity contribution in [2.24, 2.45) is 0 Å². The second-order valence-corrected chi connectivity index (χ2v) is 7.75. The minimum atomic E-state index is -0.907. The molecule has 4 aromatic carbocycles. The zero-order valence-corrected chi connectivity index (χ0v) is 18.8. The average molecular weight is 470 g/mol. The molecule has 0 radical (unpaired) electrons. The Bertz CT molecular complexity index is 1280. The molecule has 0 aliphatic carbocycles. The van der Waals surface area contributed by atoms with Gasteiger partial charge in [-0.05, 0) is 48.0 Å². The summed E-state index contributed by atoms with van der Waals surface area (Å²) < 4.78 is 19.4. The van der Waals surface area contributed by atoms with E-state index >= 15 is 0 Å². The zero-order chi connectivity index (χ0) is 24.5. The smallest absolute Gasteiger partial charge is 0.319 e. The molecule has 176 valence electrons. The SMILES string of the molecule is O=C(Nc1cccc(F)c1)NC(Cc1ccccc1)C(=O)Nc1ccccc1Oc1ccccc1. The molecule has 35 heavy (non-hydrogen) atoms. The maximum atomic E-state index is 13.5. The van der Waals surface area contributed by atoms with E-state index in [1.807, 2.05) is 60.7 Å². The number of urea groups is 1. The molecule has 1 atom stereocenters. The molecular formula is C28H24FN3O3. The normalized spacial score (nSPS) is 11.2. The van der Waals surface area contributed by atoms with Crippen LogP contribution in [0, 0.1) is 5.82 Å². The van der Waals surface area contributed by atoms with E-state index in [-0.39, 0.29) is 12.1 Å². The zero-order valence-electron chi connectivity index (χ0n) is 18.8. The Hall–Kier alpha value is -4.65. The van der Waals surface area contributed by atoms with E-state index in [4.69, 9.17) is 4.74 Å². The summed E-state index contributed by atoms with van der Waals surface area (Å²) in [6, 6.07) is 29.6. The number of carbonyl (C=O) groups excluding carboxylic acids is 2. The van der Waals surface area contributed by atoms with Crippen molar-refractivity contribution in [3.8, 4) is 11.5 Å². The molecule has 0 aromatic heterocycles. The van der Waals surface area contributed by atoms with Crippen LogP contribution in [0.2, 0.25) is 0 Å². The lowest BCUT2D eigenvalue weighted by atomic mass is 10.1.